The molecule has 0 saturated carbocycles. The maximum atomic E-state index is 13.7. The third-order valence-corrected chi connectivity index (χ3v) is 13.9. The van der Waals surface area contributed by atoms with Gasteiger partial charge in [0.05, 0.1) is 58.0 Å². The van der Waals surface area contributed by atoms with E-state index in [-0.39, 0.29) is 105 Å². The van der Waals surface area contributed by atoms with Crippen molar-refractivity contribution in [3.8, 4) is 0 Å². The van der Waals surface area contributed by atoms with Crippen LogP contribution in [0.25, 0.3) is 0 Å². The smallest absolute Gasteiger partial charge is 0.220 e. The third-order valence-electron chi connectivity index (χ3n) is 13.9. The zero-order chi connectivity index (χ0) is 59.1. The summed E-state index contributed by atoms with van der Waals surface area (Å²) in [6, 6.07) is 0. The first-order valence-corrected chi connectivity index (χ1v) is 28.1. The number of carbonyl (C=O) groups excluding carboxylic acids is 5. The number of hydrogen-bond donors (Lipinski definition) is 14. The van der Waals surface area contributed by atoms with E-state index in [4.69, 9.17) is 33.2 Å². The summed E-state index contributed by atoms with van der Waals surface area (Å²) >= 11 is 0. The average molecular weight is 1140 g/mol. The minimum Gasteiger partial charge on any atom is -0.394 e. The van der Waals surface area contributed by atoms with Crippen molar-refractivity contribution in [2.24, 2.45) is 23.7 Å². The molecule has 3 aliphatic rings. The van der Waals surface area contributed by atoms with E-state index in [1.807, 2.05) is 0 Å². The first-order valence-electron chi connectivity index (χ1n) is 28.1. The summed E-state index contributed by atoms with van der Waals surface area (Å²) < 4.78 is 39.1. The number of ether oxygens (including phenoxy) is 7. The van der Waals surface area contributed by atoms with Crippen LogP contribution in [0.1, 0.15) is 126 Å². The summed E-state index contributed by atoms with van der Waals surface area (Å²) in [4.78, 5) is 66.4. The molecule has 0 radical (unpaired) electrons. The van der Waals surface area contributed by atoms with Crippen molar-refractivity contribution < 1.29 is 105 Å². The molecular formula is C53H101N5O21. The molecule has 15 atom stereocenters. The van der Waals surface area contributed by atoms with E-state index < -0.39 is 141 Å². The van der Waals surface area contributed by atoms with Gasteiger partial charge in [0.1, 0.15) is 36.6 Å². The topological polar surface area (TPSA) is 392 Å². The predicted octanol–water partition coefficient (Wildman–Crippen LogP) is -1.79. The van der Waals surface area contributed by atoms with Gasteiger partial charge >= 0.3 is 0 Å². The molecule has 3 heterocycles. The second kappa shape index (κ2) is 39.2. The standard InChI is InChI=1S/C49H89N5O21.C4H10.H2/c1-29-40(63)43(66)32(26-55)73-46(29)70-23-7-19-51-36(59)12-15-49(54-39(62)11-5-10-35(58)50-18-6-22-69-4,16-13-37(60)52-20-8-24-71-47-30(2)41(64)44(67)33(27-56)74-47)17-14-38(61)53-21-9-25-72-48-31(3)42(65)45(68)34(28-57)75-48;1-4(2)3;/h29-34,40-48,55-57,63-68H,5-28H2,1-4H3,(H,50,58)(H,51,59)(H,52,60)(H,53,61)(H,54,62);4H,1-3H3;1H/t29?,30?,31?,32?,33?,34?,40-,41-,42-,43+,44+,45+,46-,47-,48-,49?;;/m1../s1. The Morgan fingerprint density at radius 3 is 1.03 bits per heavy atom. The fourth-order valence-corrected chi connectivity index (χ4v) is 8.92. The van der Waals surface area contributed by atoms with Crippen LogP contribution in [-0.4, -0.2) is 234 Å². The Bertz CT molecular complexity index is 1570. The van der Waals surface area contributed by atoms with Gasteiger partial charge in [-0.25, -0.2) is 0 Å². The van der Waals surface area contributed by atoms with E-state index >= 15 is 0 Å². The van der Waals surface area contributed by atoms with E-state index in [0.29, 0.717) is 38.8 Å². The first kappa shape index (κ1) is 71.8. The third kappa shape index (κ3) is 26.7. The molecule has 6 unspecified atom stereocenters. The van der Waals surface area contributed by atoms with E-state index in [1.54, 1.807) is 27.9 Å². The molecule has 3 fully saturated rings. The quantitative estimate of drug-likeness (QED) is 0.0308. The Hall–Kier alpha value is -3.29. The van der Waals surface area contributed by atoms with Gasteiger partial charge in [0.2, 0.25) is 29.5 Å². The van der Waals surface area contributed by atoms with Gasteiger partial charge < -0.3 is 106 Å². The monoisotopic (exact) mass is 1140 g/mol. The summed E-state index contributed by atoms with van der Waals surface area (Å²) in [7, 11) is 1.56. The molecule has 26 heteroatoms. The molecular weight excluding hydrogens is 1040 g/mol. The number of hydrogen-bond acceptors (Lipinski definition) is 21. The van der Waals surface area contributed by atoms with Crippen LogP contribution in [0.15, 0.2) is 0 Å². The minimum atomic E-state index is -1.28. The lowest BCUT2D eigenvalue weighted by molar-refractivity contribution is -0.282. The van der Waals surface area contributed by atoms with Crippen LogP contribution < -0.4 is 26.6 Å². The molecule has 5 amide bonds. The summed E-state index contributed by atoms with van der Waals surface area (Å²) in [5, 5.41) is 104. The summed E-state index contributed by atoms with van der Waals surface area (Å²) in [6.07, 6.45) is -11.9. The van der Waals surface area contributed by atoms with Crippen molar-refractivity contribution in [1.82, 2.24) is 26.6 Å². The van der Waals surface area contributed by atoms with Gasteiger partial charge in [0.15, 0.2) is 18.9 Å². The molecule has 0 aliphatic carbocycles. The Kier molecular flexibility index (Phi) is 35.7. The number of carbonyl (C=O) groups is 5. The van der Waals surface area contributed by atoms with Gasteiger partial charge in [-0.15, -0.1) is 0 Å². The fourth-order valence-electron chi connectivity index (χ4n) is 8.92. The lowest BCUT2D eigenvalue weighted by atomic mass is 9.82. The van der Waals surface area contributed by atoms with E-state index in [2.05, 4.69) is 47.4 Å². The SMILES string of the molecule is CC(C)C.COCCCNC(=O)CCCC(=O)NC(CCC(=O)NCCCO[C@@H]1OC(CO)[C@H](O)[C@H](O)C1C)(CCC(=O)NCCCO[C@@H]1OC(CO)[C@H](O)[C@H](O)C1C)CCC(=O)NCCCO[C@@H]1OC(CO)[C@H](O)[C@H](O)C1C.[HH]. The Morgan fingerprint density at radius 2 is 0.734 bits per heavy atom. The van der Waals surface area contributed by atoms with Crippen molar-refractivity contribution in [3.63, 3.8) is 0 Å². The van der Waals surface area contributed by atoms with Crippen LogP contribution in [0, 0.1) is 23.7 Å². The maximum Gasteiger partial charge on any atom is 0.220 e. The van der Waals surface area contributed by atoms with E-state index in [1.165, 1.54) is 0 Å². The molecule has 0 aromatic heterocycles. The highest BCUT2D eigenvalue weighted by molar-refractivity contribution is 5.81. The maximum absolute atomic E-state index is 13.7. The zero-order valence-electron chi connectivity index (χ0n) is 47.6. The molecule has 0 aromatic carbocycles. The summed E-state index contributed by atoms with van der Waals surface area (Å²) in [6.45, 7) is 11.5. The normalized spacial score (nSPS) is 29.6. The van der Waals surface area contributed by atoms with E-state index in [0.717, 1.165) is 5.92 Å². The lowest BCUT2D eigenvalue weighted by Crippen LogP contribution is -2.55. The van der Waals surface area contributed by atoms with Crippen molar-refractivity contribution in [2.45, 2.75) is 204 Å². The fraction of sp³-hybridized carbons (Fsp3) is 0.906. The molecule has 0 spiro atoms. The van der Waals surface area contributed by atoms with Crippen LogP contribution in [0.2, 0.25) is 0 Å². The molecule has 79 heavy (non-hydrogen) atoms. The molecule has 3 aliphatic heterocycles. The molecule has 0 bridgehead atoms. The number of aliphatic hydroxyl groups is 9. The van der Waals surface area contributed by atoms with Crippen molar-refractivity contribution in [2.75, 3.05) is 79.5 Å². The number of aliphatic hydroxyl groups excluding tert-OH is 9. The van der Waals surface area contributed by atoms with Crippen molar-refractivity contribution >= 4 is 29.5 Å². The minimum absolute atomic E-state index is 0. The second-order valence-corrected chi connectivity index (χ2v) is 21.5. The van der Waals surface area contributed by atoms with Gasteiger partial charge in [0.25, 0.3) is 0 Å². The Balaban J connectivity index is 0.00000618. The highest BCUT2D eigenvalue weighted by atomic mass is 16.7. The van der Waals surface area contributed by atoms with Crippen LogP contribution in [-0.2, 0) is 57.1 Å². The second-order valence-electron chi connectivity index (χ2n) is 21.5. The number of nitrogens with one attached hydrogen (secondary N) is 5. The molecule has 464 valence electrons. The van der Waals surface area contributed by atoms with Crippen LogP contribution in [0.3, 0.4) is 0 Å². The Morgan fingerprint density at radius 1 is 0.456 bits per heavy atom. The zero-order valence-corrected chi connectivity index (χ0v) is 47.6. The van der Waals surface area contributed by atoms with Gasteiger partial charge in [-0.3, -0.25) is 24.0 Å². The number of methoxy groups -OCH3 is 1. The summed E-state index contributed by atoms with van der Waals surface area (Å²) in [5.41, 5.74) is -1.28. The molecule has 3 rings (SSSR count). The molecule has 3 saturated heterocycles. The lowest BCUT2D eigenvalue weighted by Gasteiger charge is -2.40. The molecule has 14 N–H and O–H groups in total. The van der Waals surface area contributed by atoms with Crippen molar-refractivity contribution in [3.05, 3.63) is 0 Å². The number of rotatable bonds is 36. The highest BCUT2D eigenvalue weighted by Crippen LogP contribution is 2.30. The van der Waals surface area contributed by atoms with Gasteiger partial charge in [0, 0.05) is 96.7 Å². The average Bonchev–Trinajstić information content (AvgIpc) is 3.42. The largest absolute Gasteiger partial charge is 0.394 e. The number of amides is 5. The predicted molar refractivity (Wildman–Crippen MR) is 286 cm³/mol. The van der Waals surface area contributed by atoms with Gasteiger partial charge in [-0.1, -0.05) is 41.5 Å². The Labute approximate surface area is 467 Å². The van der Waals surface area contributed by atoms with Crippen LogP contribution in [0.4, 0.5) is 0 Å². The van der Waals surface area contributed by atoms with E-state index in [9.17, 15) is 69.9 Å². The van der Waals surface area contributed by atoms with Crippen LogP contribution >= 0.6 is 0 Å². The molecule has 26 nitrogen and oxygen atoms in total. The van der Waals surface area contributed by atoms with Crippen LogP contribution in [0.5, 0.6) is 0 Å². The van der Waals surface area contributed by atoms with Gasteiger partial charge in [-0.2, -0.15) is 0 Å². The first-order chi connectivity index (χ1) is 37.5. The highest BCUT2D eigenvalue weighted by Gasteiger charge is 2.45. The van der Waals surface area contributed by atoms with Crippen molar-refractivity contribution in [1.29, 1.82) is 0 Å². The summed E-state index contributed by atoms with van der Waals surface area (Å²) in [5.74, 6) is -2.89. The van der Waals surface area contributed by atoms with Gasteiger partial charge in [-0.05, 0) is 57.3 Å². The molecule has 0 aromatic rings.